The number of aliphatic hydroxyl groups excluding tert-OH is 1. The Kier molecular flexibility index (Phi) is 3.27. The first-order chi connectivity index (χ1) is 8.38. The normalized spacial score (nSPS) is 13.6. The molecule has 2 rings (SSSR count). The Balaban J connectivity index is 2.26. The summed E-state index contributed by atoms with van der Waals surface area (Å²) in [4.78, 5) is 3.41. The van der Waals surface area contributed by atoms with Gasteiger partial charge in [0.1, 0.15) is 6.10 Å². The standard InChI is InChI=1S/C11H9F3N2OS/c12-11(13,14)10-16-5-8(18-10)9(17)6-1-3-7(15)4-2-6/h1-5,9,17H,15H2. The Morgan fingerprint density at radius 1 is 1.22 bits per heavy atom. The van der Waals surface area contributed by atoms with Gasteiger partial charge in [-0.15, -0.1) is 11.3 Å². The Hall–Kier alpha value is -1.60. The van der Waals surface area contributed by atoms with E-state index >= 15 is 0 Å². The Bertz CT molecular complexity index is 536. The maximum absolute atomic E-state index is 12.4. The van der Waals surface area contributed by atoms with E-state index in [-0.39, 0.29) is 4.88 Å². The van der Waals surface area contributed by atoms with E-state index in [0.717, 1.165) is 6.20 Å². The molecule has 3 nitrogen and oxygen atoms in total. The van der Waals surface area contributed by atoms with Gasteiger partial charge in [0, 0.05) is 11.9 Å². The van der Waals surface area contributed by atoms with Crippen LogP contribution < -0.4 is 5.73 Å². The van der Waals surface area contributed by atoms with Gasteiger partial charge < -0.3 is 10.8 Å². The van der Waals surface area contributed by atoms with Gasteiger partial charge in [0.05, 0.1) is 4.88 Å². The quantitative estimate of drug-likeness (QED) is 0.828. The fourth-order valence-corrected chi connectivity index (χ4v) is 2.18. The lowest BCUT2D eigenvalue weighted by atomic mass is 10.1. The third-order valence-electron chi connectivity index (χ3n) is 2.29. The van der Waals surface area contributed by atoms with Gasteiger partial charge in [0.15, 0.2) is 5.01 Å². The molecule has 96 valence electrons. The molecule has 1 unspecified atom stereocenters. The summed E-state index contributed by atoms with van der Waals surface area (Å²) in [5.41, 5.74) is 6.48. The molecular weight excluding hydrogens is 265 g/mol. The zero-order valence-electron chi connectivity index (χ0n) is 8.98. The number of nitrogen functional groups attached to an aromatic ring is 1. The summed E-state index contributed by atoms with van der Waals surface area (Å²) in [6.07, 6.45) is -4.57. The second-order valence-corrected chi connectivity index (χ2v) is 4.70. The third-order valence-corrected chi connectivity index (χ3v) is 3.38. The smallest absolute Gasteiger partial charge is 0.399 e. The van der Waals surface area contributed by atoms with Crippen LogP contribution in [0.15, 0.2) is 30.5 Å². The van der Waals surface area contributed by atoms with Crippen molar-refractivity contribution in [2.75, 3.05) is 5.73 Å². The van der Waals surface area contributed by atoms with Crippen molar-refractivity contribution in [3.05, 3.63) is 45.9 Å². The van der Waals surface area contributed by atoms with Gasteiger partial charge in [-0.2, -0.15) is 13.2 Å². The second kappa shape index (κ2) is 4.58. The Morgan fingerprint density at radius 3 is 2.33 bits per heavy atom. The van der Waals surface area contributed by atoms with Crippen LogP contribution in [-0.2, 0) is 6.18 Å². The highest BCUT2D eigenvalue weighted by molar-refractivity contribution is 7.11. The molecule has 1 aromatic carbocycles. The van der Waals surface area contributed by atoms with Crippen molar-refractivity contribution in [1.29, 1.82) is 0 Å². The largest absolute Gasteiger partial charge is 0.443 e. The summed E-state index contributed by atoms with van der Waals surface area (Å²) < 4.78 is 37.1. The molecule has 0 fully saturated rings. The van der Waals surface area contributed by atoms with E-state index < -0.39 is 17.3 Å². The van der Waals surface area contributed by atoms with Crippen molar-refractivity contribution in [3.63, 3.8) is 0 Å². The van der Waals surface area contributed by atoms with Gasteiger partial charge in [-0.3, -0.25) is 0 Å². The molecule has 0 saturated carbocycles. The molecule has 3 N–H and O–H groups in total. The molecule has 1 aromatic heterocycles. The van der Waals surface area contributed by atoms with Crippen LogP contribution in [0.1, 0.15) is 21.6 Å². The minimum Gasteiger partial charge on any atom is -0.399 e. The number of hydrogen-bond acceptors (Lipinski definition) is 4. The van der Waals surface area contributed by atoms with Crippen molar-refractivity contribution in [1.82, 2.24) is 4.98 Å². The molecule has 0 saturated heterocycles. The molecule has 1 heterocycles. The zero-order valence-corrected chi connectivity index (χ0v) is 9.79. The number of nitrogens with two attached hydrogens (primary N) is 1. The summed E-state index contributed by atoms with van der Waals surface area (Å²) >= 11 is 0.430. The van der Waals surface area contributed by atoms with Gasteiger partial charge in [-0.1, -0.05) is 12.1 Å². The average molecular weight is 274 g/mol. The van der Waals surface area contributed by atoms with Crippen LogP contribution in [0.4, 0.5) is 18.9 Å². The van der Waals surface area contributed by atoms with Crippen LogP contribution in [-0.4, -0.2) is 10.1 Å². The number of aromatic nitrogens is 1. The first-order valence-electron chi connectivity index (χ1n) is 4.94. The number of anilines is 1. The molecule has 2 aromatic rings. The minimum absolute atomic E-state index is 0.145. The molecule has 0 aliphatic heterocycles. The van der Waals surface area contributed by atoms with Crippen molar-refractivity contribution in [2.45, 2.75) is 12.3 Å². The first kappa shape index (κ1) is 12.8. The van der Waals surface area contributed by atoms with Crippen molar-refractivity contribution in [3.8, 4) is 0 Å². The number of aliphatic hydroxyl groups is 1. The van der Waals surface area contributed by atoms with Gasteiger partial charge in [-0.05, 0) is 17.7 Å². The van der Waals surface area contributed by atoms with Crippen molar-refractivity contribution >= 4 is 17.0 Å². The van der Waals surface area contributed by atoms with Crippen molar-refractivity contribution in [2.24, 2.45) is 0 Å². The third kappa shape index (κ3) is 2.62. The molecule has 1 atom stereocenters. The summed E-state index contributed by atoms with van der Waals surface area (Å²) in [5.74, 6) is 0. The molecule has 0 radical (unpaired) electrons. The van der Waals surface area contributed by atoms with E-state index in [9.17, 15) is 18.3 Å². The van der Waals surface area contributed by atoms with Crippen LogP contribution in [0.25, 0.3) is 0 Å². The van der Waals surface area contributed by atoms with Crippen LogP contribution in [0.3, 0.4) is 0 Å². The highest BCUT2D eigenvalue weighted by Gasteiger charge is 2.35. The monoisotopic (exact) mass is 274 g/mol. The van der Waals surface area contributed by atoms with Crippen LogP contribution in [0.2, 0.25) is 0 Å². The summed E-state index contributed by atoms with van der Waals surface area (Å²) in [7, 11) is 0. The van der Waals surface area contributed by atoms with E-state index in [4.69, 9.17) is 5.73 Å². The molecule has 0 aliphatic carbocycles. The van der Waals surface area contributed by atoms with E-state index in [0.29, 0.717) is 22.6 Å². The fraction of sp³-hybridized carbons (Fsp3) is 0.182. The van der Waals surface area contributed by atoms with E-state index in [1.807, 2.05) is 0 Å². The van der Waals surface area contributed by atoms with Crippen LogP contribution in [0.5, 0.6) is 0 Å². The van der Waals surface area contributed by atoms with Gasteiger partial charge in [0.2, 0.25) is 0 Å². The average Bonchev–Trinajstić information content (AvgIpc) is 2.78. The lowest BCUT2D eigenvalue weighted by Crippen LogP contribution is -2.03. The predicted octanol–water partition coefficient (Wildman–Crippen LogP) is 2.83. The number of rotatable bonds is 2. The highest BCUT2D eigenvalue weighted by atomic mass is 32.1. The Morgan fingerprint density at radius 2 is 1.83 bits per heavy atom. The van der Waals surface area contributed by atoms with Crippen molar-refractivity contribution < 1.29 is 18.3 Å². The number of thiazole rings is 1. The molecule has 18 heavy (non-hydrogen) atoms. The summed E-state index contributed by atoms with van der Waals surface area (Å²) in [6.45, 7) is 0. The molecule has 0 aliphatic rings. The molecular formula is C11H9F3N2OS. The fourth-order valence-electron chi connectivity index (χ4n) is 1.39. The summed E-state index contributed by atoms with van der Waals surface area (Å²) in [6, 6.07) is 6.27. The Labute approximate surface area is 105 Å². The number of halogens is 3. The zero-order chi connectivity index (χ0) is 13.3. The highest BCUT2D eigenvalue weighted by Crippen LogP contribution is 2.35. The summed E-state index contributed by atoms with van der Waals surface area (Å²) in [5, 5.41) is 8.96. The maximum Gasteiger partial charge on any atom is 0.443 e. The van der Waals surface area contributed by atoms with Crippen LogP contribution in [0, 0.1) is 0 Å². The lowest BCUT2D eigenvalue weighted by Gasteiger charge is -2.08. The number of benzene rings is 1. The first-order valence-corrected chi connectivity index (χ1v) is 5.76. The van der Waals surface area contributed by atoms with E-state index in [1.165, 1.54) is 0 Å². The molecule has 0 spiro atoms. The van der Waals surface area contributed by atoms with E-state index in [2.05, 4.69) is 4.98 Å². The van der Waals surface area contributed by atoms with Gasteiger partial charge in [-0.25, -0.2) is 4.98 Å². The van der Waals surface area contributed by atoms with Gasteiger partial charge >= 0.3 is 6.18 Å². The van der Waals surface area contributed by atoms with E-state index in [1.54, 1.807) is 24.3 Å². The second-order valence-electron chi connectivity index (χ2n) is 3.63. The molecule has 7 heteroatoms. The number of alkyl halides is 3. The topological polar surface area (TPSA) is 59.1 Å². The predicted molar refractivity (Wildman–Crippen MR) is 62.0 cm³/mol. The lowest BCUT2D eigenvalue weighted by molar-refractivity contribution is -0.137. The molecule has 0 bridgehead atoms. The SMILES string of the molecule is Nc1ccc(C(O)c2cnc(C(F)(F)F)s2)cc1. The number of hydrogen-bond donors (Lipinski definition) is 2. The number of nitrogens with zero attached hydrogens (tertiary/aromatic N) is 1. The van der Waals surface area contributed by atoms with Gasteiger partial charge in [0.25, 0.3) is 0 Å². The minimum atomic E-state index is -4.48. The van der Waals surface area contributed by atoms with Crippen LogP contribution >= 0.6 is 11.3 Å². The molecule has 0 amide bonds. The maximum atomic E-state index is 12.4.